The monoisotopic (exact) mass is 484 g/mol. The van der Waals surface area contributed by atoms with Gasteiger partial charge in [0.1, 0.15) is 18.1 Å². The van der Waals surface area contributed by atoms with E-state index in [9.17, 15) is 5.26 Å². The molecule has 0 atom stereocenters. The quantitative estimate of drug-likeness (QED) is 0.252. The number of hydrogen-bond acceptors (Lipinski definition) is 7. The van der Waals surface area contributed by atoms with E-state index in [4.69, 9.17) is 23.4 Å². The zero-order valence-corrected chi connectivity index (χ0v) is 20.5. The fourth-order valence-electron chi connectivity index (χ4n) is 3.85. The van der Waals surface area contributed by atoms with E-state index in [0.29, 0.717) is 41.4 Å². The second-order valence-electron chi connectivity index (χ2n) is 8.04. The van der Waals surface area contributed by atoms with Gasteiger partial charge in [-0.15, -0.1) is 0 Å². The van der Waals surface area contributed by atoms with Crippen LogP contribution >= 0.6 is 0 Å². The van der Waals surface area contributed by atoms with Gasteiger partial charge in [-0.05, 0) is 47.5 Å². The predicted octanol–water partition coefficient (Wildman–Crippen LogP) is 6.24. The van der Waals surface area contributed by atoms with Crippen LogP contribution < -0.4 is 19.5 Å². The molecular formula is C29H28N2O5. The number of methoxy groups -OCH3 is 3. The fraction of sp³-hybridized carbons (Fsp3) is 0.207. The molecule has 0 radical (unpaired) electrons. The van der Waals surface area contributed by atoms with Crippen LogP contribution in [-0.2, 0) is 24.4 Å². The zero-order valence-electron chi connectivity index (χ0n) is 20.5. The van der Waals surface area contributed by atoms with Crippen molar-refractivity contribution in [3.8, 4) is 23.3 Å². The highest BCUT2D eigenvalue weighted by molar-refractivity contribution is 5.90. The Morgan fingerprint density at radius 1 is 0.944 bits per heavy atom. The van der Waals surface area contributed by atoms with Crippen LogP contribution in [0.25, 0.3) is 11.0 Å². The summed E-state index contributed by atoms with van der Waals surface area (Å²) in [6, 6.07) is 23.5. The number of furan rings is 1. The Morgan fingerprint density at radius 3 is 2.39 bits per heavy atom. The van der Waals surface area contributed by atoms with E-state index in [2.05, 4.69) is 11.4 Å². The Labute approximate surface area is 210 Å². The first-order valence-electron chi connectivity index (χ1n) is 11.4. The number of nitrogens with zero attached hydrogens (tertiary/aromatic N) is 1. The van der Waals surface area contributed by atoms with Gasteiger partial charge in [-0.25, -0.2) is 0 Å². The molecule has 0 saturated heterocycles. The molecule has 0 saturated carbocycles. The lowest BCUT2D eigenvalue weighted by Crippen LogP contribution is -1.97. The number of benzene rings is 3. The van der Waals surface area contributed by atoms with Crippen LogP contribution in [0.4, 0.5) is 5.69 Å². The molecule has 0 aliphatic heterocycles. The lowest BCUT2D eigenvalue weighted by Gasteiger charge is -2.11. The molecule has 0 fully saturated rings. The summed E-state index contributed by atoms with van der Waals surface area (Å²) in [5, 5.41) is 13.8. The van der Waals surface area contributed by atoms with Gasteiger partial charge < -0.3 is 28.7 Å². The Hall–Kier alpha value is -4.41. The molecule has 0 aliphatic rings. The lowest BCUT2D eigenvalue weighted by molar-refractivity contribution is 0.0939. The molecule has 0 bridgehead atoms. The molecule has 1 heterocycles. The maximum Gasteiger partial charge on any atom is 0.204 e. The first-order valence-corrected chi connectivity index (χ1v) is 11.4. The van der Waals surface area contributed by atoms with E-state index in [1.165, 1.54) is 0 Å². The average molecular weight is 485 g/mol. The highest BCUT2D eigenvalue weighted by Crippen LogP contribution is 2.40. The maximum atomic E-state index is 9.76. The fourth-order valence-corrected chi connectivity index (χ4v) is 3.85. The molecule has 184 valence electrons. The van der Waals surface area contributed by atoms with Crippen molar-refractivity contribution < 1.29 is 23.4 Å². The van der Waals surface area contributed by atoms with E-state index >= 15 is 0 Å². The summed E-state index contributed by atoms with van der Waals surface area (Å²) in [6.07, 6.45) is 2.11. The van der Waals surface area contributed by atoms with Gasteiger partial charge in [0.2, 0.25) is 5.75 Å². The molecule has 3 aromatic carbocycles. The van der Waals surface area contributed by atoms with Gasteiger partial charge in [0.25, 0.3) is 0 Å². The third kappa shape index (κ3) is 5.80. The molecule has 1 N–H and O–H groups in total. The average Bonchev–Trinajstić information content (AvgIpc) is 3.35. The Kier molecular flexibility index (Phi) is 8.12. The first kappa shape index (κ1) is 24.7. The van der Waals surface area contributed by atoms with E-state index in [0.717, 1.165) is 28.0 Å². The molecule has 4 aromatic rings. The van der Waals surface area contributed by atoms with E-state index < -0.39 is 0 Å². The molecule has 7 heteroatoms. The number of nitriles is 1. The van der Waals surface area contributed by atoms with Gasteiger partial charge in [-0.1, -0.05) is 30.3 Å². The van der Waals surface area contributed by atoms with Crippen molar-refractivity contribution in [1.29, 1.82) is 5.26 Å². The molecule has 0 aliphatic carbocycles. The van der Waals surface area contributed by atoms with Crippen LogP contribution in [0, 0.1) is 11.3 Å². The number of allylic oxidation sites excluding steroid dienone is 1. The minimum atomic E-state index is 0.280. The van der Waals surface area contributed by atoms with Gasteiger partial charge in [-0.2, -0.15) is 5.26 Å². The Bertz CT molecular complexity index is 1370. The van der Waals surface area contributed by atoms with Crippen LogP contribution in [0.15, 0.2) is 82.9 Å². The summed E-state index contributed by atoms with van der Waals surface area (Å²) in [5.74, 6) is 2.49. The van der Waals surface area contributed by atoms with Crippen molar-refractivity contribution in [3.63, 3.8) is 0 Å². The molecule has 7 nitrogen and oxygen atoms in total. The van der Waals surface area contributed by atoms with Crippen molar-refractivity contribution in [1.82, 2.24) is 0 Å². The predicted molar refractivity (Wildman–Crippen MR) is 138 cm³/mol. The summed E-state index contributed by atoms with van der Waals surface area (Å²) in [5.41, 5.74) is 3.94. The number of rotatable bonds is 11. The van der Waals surface area contributed by atoms with Crippen molar-refractivity contribution in [3.05, 3.63) is 95.4 Å². The minimum absolute atomic E-state index is 0.280. The largest absolute Gasteiger partial charge is 0.497 e. The summed E-state index contributed by atoms with van der Waals surface area (Å²) in [6.45, 7) is 0.711. The summed E-state index contributed by atoms with van der Waals surface area (Å²) in [7, 11) is 4.79. The summed E-state index contributed by atoms with van der Waals surface area (Å²) < 4.78 is 28.3. The van der Waals surface area contributed by atoms with Crippen LogP contribution in [0.2, 0.25) is 0 Å². The number of hydrogen-bond donors (Lipinski definition) is 1. The van der Waals surface area contributed by atoms with E-state index in [1.54, 1.807) is 27.5 Å². The SMILES string of the molecule is COc1ccc(COCc2cc3c(C/C(C#N)=C/Nc4ccccc4)cc(OC)c(OC)c3o2)cc1. The Morgan fingerprint density at radius 2 is 1.72 bits per heavy atom. The third-order valence-electron chi connectivity index (χ3n) is 5.67. The van der Waals surface area contributed by atoms with Gasteiger partial charge in [-0.3, -0.25) is 0 Å². The third-order valence-corrected chi connectivity index (χ3v) is 5.67. The second-order valence-corrected chi connectivity index (χ2v) is 8.04. The van der Waals surface area contributed by atoms with Crippen LogP contribution in [0.5, 0.6) is 17.2 Å². The van der Waals surface area contributed by atoms with Crippen LogP contribution in [0.1, 0.15) is 16.9 Å². The van der Waals surface area contributed by atoms with E-state index in [1.807, 2.05) is 66.7 Å². The second kappa shape index (κ2) is 11.8. The van der Waals surface area contributed by atoms with Crippen molar-refractivity contribution in [2.45, 2.75) is 19.6 Å². The van der Waals surface area contributed by atoms with Crippen molar-refractivity contribution in [2.75, 3.05) is 26.6 Å². The number of nitrogens with one attached hydrogen (secondary N) is 1. The molecule has 36 heavy (non-hydrogen) atoms. The normalized spacial score (nSPS) is 11.2. The topological polar surface area (TPSA) is 85.9 Å². The molecule has 1 aromatic heterocycles. The smallest absolute Gasteiger partial charge is 0.204 e. The van der Waals surface area contributed by atoms with Crippen molar-refractivity contribution in [2.24, 2.45) is 0 Å². The van der Waals surface area contributed by atoms with Gasteiger partial charge in [0, 0.05) is 29.3 Å². The summed E-state index contributed by atoms with van der Waals surface area (Å²) in [4.78, 5) is 0. The summed E-state index contributed by atoms with van der Waals surface area (Å²) >= 11 is 0. The maximum absolute atomic E-state index is 9.76. The van der Waals surface area contributed by atoms with Crippen molar-refractivity contribution >= 4 is 16.7 Å². The number of anilines is 1. The molecule has 0 spiro atoms. The van der Waals surface area contributed by atoms with Gasteiger partial charge in [0.05, 0.1) is 34.0 Å². The number of para-hydroxylation sites is 1. The number of ether oxygens (including phenoxy) is 4. The number of fused-ring (bicyclic) bond motifs is 1. The first-order chi connectivity index (χ1) is 17.6. The lowest BCUT2D eigenvalue weighted by atomic mass is 10.0. The molecule has 4 rings (SSSR count). The Balaban J connectivity index is 1.57. The molecule has 0 amide bonds. The van der Waals surface area contributed by atoms with Crippen LogP contribution in [0.3, 0.4) is 0 Å². The zero-order chi connectivity index (χ0) is 25.3. The molecule has 0 unspecified atom stereocenters. The highest BCUT2D eigenvalue weighted by atomic mass is 16.5. The van der Waals surface area contributed by atoms with Gasteiger partial charge >= 0.3 is 0 Å². The van der Waals surface area contributed by atoms with Gasteiger partial charge in [0.15, 0.2) is 11.3 Å². The van der Waals surface area contributed by atoms with Crippen LogP contribution in [-0.4, -0.2) is 21.3 Å². The standard InChI is InChI=1S/C29H28N2O5/c1-32-24-11-9-20(10-12-24)18-35-19-25-15-26-22(14-27(33-2)29(34-3)28(26)36-25)13-21(16-30)17-31-23-7-5-4-6-8-23/h4-12,14-15,17,31H,13,18-19H2,1-3H3/b21-17-. The van der Waals surface area contributed by atoms with E-state index in [-0.39, 0.29) is 6.61 Å². The highest BCUT2D eigenvalue weighted by Gasteiger charge is 2.19. The minimum Gasteiger partial charge on any atom is -0.497 e. The molecular weight excluding hydrogens is 456 g/mol.